The van der Waals surface area contributed by atoms with Crippen LogP contribution < -0.4 is 5.32 Å². The lowest BCUT2D eigenvalue weighted by molar-refractivity contribution is 0.0993. The van der Waals surface area contributed by atoms with Gasteiger partial charge in [0.1, 0.15) is 0 Å². The van der Waals surface area contributed by atoms with Crippen molar-refractivity contribution in [2.45, 2.75) is 57.9 Å². The number of hydrogen-bond acceptors (Lipinski definition) is 2. The zero-order valence-electron chi connectivity index (χ0n) is 11.1. The fraction of sp³-hybridized carbons (Fsp3) is 1.00. The number of nitrogens with zero attached hydrogens (tertiary/aromatic N) is 1. The van der Waals surface area contributed by atoms with Gasteiger partial charge < -0.3 is 10.2 Å². The second-order valence-electron chi connectivity index (χ2n) is 6.27. The predicted molar refractivity (Wildman–Crippen MR) is 69.7 cm³/mol. The smallest absolute Gasteiger partial charge is 0.00924 e. The average Bonchev–Trinajstić information content (AvgIpc) is 2.30. The van der Waals surface area contributed by atoms with Crippen LogP contribution in [0, 0.1) is 5.41 Å². The molecule has 0 atom stereocenters. The fourth-order valence-electron chi connectivity index (χ4n) is 3.44. The Hall–Kier alpha value is -0.0800. The Morgan fingerprint density at radius 2 is 1.75 bits per heavy atom. The van der Waals surface area contributed by atoms with E-state index in [2.05, 4.69) is 24.2 Å². The summed E-state index contributed by atoms with van der Waals surface area (Å²) in [5, 5.41) is 3.47. The van der Waals surface area contributed by atoms with Crippen LogP contribution in [0.2, 0.25) is 0 Å². The maximum Gasteiger partial charge on any atom is 0.00924 e. The first kappa shape index (κ1) is 12.4. The van der Waals surface area contributed by atoms with Gasteiger partial charge in [0.2, 0.25) is 0 Å². The summed E-state index contributed by atoms with van der Waals surface area (Å²) in [5.41, 5.74) is 0.567. The Kier molecular flexibility index (Phi) is 4.26. The fourth-order valence-corrected chi connectivity index (χ4v) is 3.44. The molecule has 16 heavy (non-hydrogen) atoms. The summed E-state index contributed by atoms with van der Waals surface area (Å²) in [6, 6.07) is 0.875. The summed E-state index contributed by atoms with van der Waals surface area (Å²) >= 11 is 0. The molecule has 1 aliphatic heterocycles. The van der Waals surface area contributed by atoms with E-state index in [0.717, 1.165) is 6.04 Å². The molecule has 2 fully saturated rings. The molecule has 2 heteroatoms. The Bertz CT molecular complexity index is 203. The summed E-state index contributed by atoms with van der Waals surface area (Å²) in [5.74, 6) is 0. The standard InChI is InChI=1S/C14H28N2/c1-14(8-10-15-11-9-14)12-16(2)13-6-4-3-5-7-13/h13,15H,3-12H2,1-2H3. The lowest BCUT2D eigenvalue weighted by Crippen LogP contribution is -2.45. The van der Waals surface area contributed by atoms with Gasteiger partial charge in [0.05, 0.1) is 0 Å². The van der Waals surface area contributed by atoms with Crippen LogP contribution in [0.4, 0.5) is 0 Å². The Balaban J connectivity index is 1.82. The van der Waals surface area contributed by atoms with E-state index in [0.29, 0.717) is 5.41 Å². The lowest BCUT2D eigenvalue weighted by atomic mass is 9.80. The van der Waals surface area contributed by atoms with Crippen LogP contribution >= 0.6 is 0 Å². The third kappa shape index (κ3) is 3.21. The summed E-state index contributed by atoms with van der Waals surface area (Å²) in [6.07, 6.45) is 9.94. The molecule has 1 aliphatic carbocycles. The highest BCUT2D eigenvalue weighted by molar-refractivity contribution is 4.85. The van der Waals surface area contributed by atoms with Gasteiger partial charge in [-0.15, -0.1) is 0 Å². The van der Waals surface area contributed by atoms with Crippen LogP contribution in [0.3, 0.4) is 0 Å². The molecule has 0 bridgehead atoms. The van der Waals surface area contributed by atoms with Gasteiger partial charge in [0.25, 0.3) is 0 Å². The van der Waals surface area contributed by atoms with Crippen LogP contribution in [0.1, 0.15) is 51.9 Å². The van der Waals surface area contributed by atoms with Crippen molar-refractivity contribution in [3.05, 3.63) is 0 Å². The maximum absolute atomic E-state index is 3.47. The van der Waals surface area contributed by atoms with Crippen LogP contribution in [0.5, 0.6) is 0 Å². The molecule has 1 N–H and O–H groups in total. The molecule has 0 aromatic rings. The third-order valence-corrected chi connectivity index (χ3v) is 4.64. The first-order valence-corrected chi connectivity index (χ1v) is 7.11. The molecular formula is C14H28N2. The molecule has 0 amide bonds. The van der Waals surface area contributed by atoms with E-state index < -0.39 is 0 Å². The molecule has 0 spiro atoms. The van der Waals surface area contributed by atoms with Crippen molar-refractivity contribution in [3.63, 3.8) is 0 Å². The van der Waals surface area contributed by atoms with Gasteiger partial charge in [-0.2, -0.15) is 0 Å². The highest BCUT2D eigenvalue weighted by Gasteiger charge is 2.30. The quantitative estimate of drug-likeness (QED) is 0.793. The Morgan fingerprint density at radius 3 is 2.38 bits per heavy atom. The number of piperidine rings is 1. The summed E-state index contributed by atoms with van der Waals surface area (Å²) in [4.78, 5) is 2.66. The van der Waals surface area contributed by atoms with Crippen molar-refractivity contribution in [1.29, 1.82) is 0 Å². The number of hydrogen-bond donors (Lipinski definition) is 1. The minimum absolute atomic E-state index is 0.567. The van der Waals surface area contributed by atoms with Gasteiger partial charge in [-0.1, -0.05) is 26.2 Å². The molecule has 94 valence electrons. The van der Waals surface area contributed by atoms with Crippen LogP contribution in [-0.4, -0.2) is 37.6 Å². The highest BCUT2D eigenvalue weighted by atomic mass is 15.1. The second-order valence-corrected chi connectivity index (χ2v) is 6.27. The number of rotatable bonds is 3. The summed E-state index contributed by atoms with van der Waals surface area (Å²) in [6.45, 7) is 6.22. The normalized spacial score (nSPS) is 27.2. The highest BCUT2D eigenvalue weighted by Crippen LogP contribution is 2.31. The monoisotopic (exact) mass is 224 g/mol. The minimum Gasteiger partial charge on any atom is -0.317 e. The van der Waals surface area contributed by atoms with Gasteiger partial charge in [-0.3, -0.25) is 0 Å². The number of nitrogens with one attached hydrogen (secondary N) is 1. The molecule has 2 aliphatic rings. The van der Waals surface area contributed by atoms with Crippen molar-refractivity contribution in [2.24, 2.45) is 5.41 Å². The van der Waals surface area contributed by atoms with Gasteiger partial charge in [-0.25, -0.2) is 0 Å². The average molecular weight is 224 g/mol. The van der Waals surface area contributed by atoms with Crippen molar-refractivity contribution >= 4 is 0 Å². The summed E-state index contributed by atoms with van der Waals surface area (Å²) in [7, 11) is 2.35. The predicted octanol–water partition coefficient (Wildman–Crippen LogP) is 2.64. The van der Waals surface area contributed by atoms with Crippen LogP contribution in [0.25, 0.3) is 0 Å². The lowest BCUT2D eigenvalue weighted by Gasteiger charge is -2.41. The summed E-state index contributed by atoms with van der Waals surface area (Å²) < 4.78 is 0. The zero-order valence-corrected chi connectivity index (χ0v) is 11.1. The van der Waals surface area contributed by atoms with Crippen LogP contribution in [0.15, 0.2) is 0 Å². The van der Waals surface area contributed by atoms with E-state index in [4.69, 9.17) is 0 Å². The van der Waals surface area contributed by atoms with Crippen molar-refractivity contribution < 1.29 is 0 Å². The largest absolute Gasteiger partial charge is 0.317 e. The van der Waals surface area contributed by atoms with E-state index in [9.17, 15) is 0 Å². The molecule has 1 heterocycles. The Labute approximate surface area is 101 Å². The molecule has 2 nitrogen and oxygen atoms in total. The van der Waals surface area contributed by atoms with Gasteiger partial charge in [-0.05, 0) is 51.2 Å². The minimum atomic E-state index is 0.567. The zero-order chi connectivity index (χ0) is 11.4. The molecule has 0 aromatic heterocycles. The van der Waals surface area contributed by atoms with E-state index >= 15 is 0 Å². The molecule has 0 unspecified atom stereocenters. The van der Waals surface area contributed by atoms with Gasteiger partial charge >= 0.3 is 0 Å². The van der Waals surface area contributed by atoms with Gasteiger partial charge in [0, 0.05) is 12.6 Å². The van der Waals surface area contributed by atoms with Crippen molar-refractivity contribution in [3.8, 4) is 0 Å². The third-order valence-electron chi connectivity index (χ3n) is 4.64. The topological polar surface area (TPSA) is 15.3 Å². The van der Waals surface area contributed by atoms with Crippen molar-refractivity contribution in [2.75, 3.05) is 26.7 Å². The van der Waals surface area contributed by atoms with E-state index in [1.165, 1.54) is 64.6 Å². The molecule has 1 saturated carbocycles. The van der Waals surface area contributed by atoms with Crippen LogP contribution in [-0.2, 0) is 0 Å². The Morgan fingerprint density at radius 1 is 1.12 bits per heavy atom. The molecular weight excluding hydrogens is 196 g/mol. The molecule has 0 aromatic carbocycles. The first-order chi connectivity index (χ1) is 7.70. The van der Waals surface area contributed by atoms with E-state index in [-0.39, 0.29) is 0 Å². The van der Waals surface area contributed by atoms with Crippen molar-refractivity contribution in [1.82, 2.24) is 10.2 Å². The molecule has 1 saturated heterocycles. The first-order valence-electron chi connectivity index (χ1n) is 7.11. The SMILES string of the molecule is CN(CC1(C)CCNCC1)C1CCCCC1. The van der Waals surface area contributed by atoms with E-state index in [1.54, 1.807) is 0 Å². The molecule has 2 rings (SSSR count). The second kappa shape index (κ2) is 5.50. The van der Waals surface area contributed by atoms with E-state index in [1.807, 2.05) is 0 Å². The molecule has 0 radical (unpaired) electrons. The van der Waals surface area contributed by atoms with Gasteiger partial charge in [0.15, 0.2) is 0 Å². The maximum atomic E-state index is 3.47.